The fourth-order valence-electron chi connectivity index (χ4n) is 15.9. The van der Waals surface area contributed by atoms with E-state index in [4.69, 9.17) is 0 Å². The van der Waals surface area contributed by atoms with Crippen LogP contribution in [0.3, 0.4) is 0 Å². The molecule has 0 saturated heterocycles. The SMILES string of the molecule is CCCCCCCCCCCCc1cc(Br)ccc1-c1cc2c(cc1CCCCCCCCCCCC)C1=C3C(=O)N4C=Cc5cc6c(cc5C4=C3C(=O)N1C=C2)C(CCCCCCCCCCCC)(CCCCCCCCCCCC)c1cc(Br)ccc1-6. The zero-order valence-electron chi connectivity index (χ0n) is 56.2. The molecule has 5 aliphatic rings. The molecule has 482 valence electrons. The van der Waals surface area contributed by atoms with Crippen molar-refractivity contribution < 1.29 is 9.59 Å². The van der Waals surface area contributed by atoms with Crippen LogP contribution in [0.25, 0.3) is 45.8 Å². The topological polar surface area (TPSA) is 40.6 Å². The number of amides is 2. The fraction of sp³-hybridized carbons (Fsp3) is 0.590. The van der Waals surface area contributed by atoms with Gasteiger partial charge in [-0.15, -0.1) is 0 Å². The Hall–Kier alpha value is -4.26. The smallest absolute Gasteiger partial charge is 0.265 e. The minimum absolute atomic E-state index is 0.0919. The number of hydrogen-bond acceptors (Lipinski definition) is 2. The lowest BCUT2D eigenvalue weighted by molar-refractivity contribution is -0.122. The van der Waals surface area contributed by atoms with Crippen molar-refractivity contribution >= 4 is 67.2 Å². The second-order valence-electron chi connectivity index (χ2n) is 27.8. The van der Waals surface area contributed by atoms with Crippen LogP contribution in [-0.2, 0) is 27.8 Å². The van der Waals surface area contributed by atoms with Crippen molar-refractivity contribution in [3.63, 3.8) is 0 Å². The monoisotopic (exact) mass is 1330 g/mol. The zero-order valence-corrected chi connectivity index (χ0v) is 59.3. The highest BCUT2D eigenvalue weighted by atomic mass is 79.9. The zero-order chi connectivity index (χ0) is 62.2. The van der Waals surface area contributed by atoms with Crippen LogP contribution in [0, 0.1) is 0 Å². The number of hydrogen-bond donors (Lipinski definition) is 0. The minimum atomic E-state index is -0.159. The predicted molar refractivity (Wildman–Crippen MR) is 390 cm³/mol. The highest BCUT2D eigenvalue weighted by Crippen LogP contribution is 2.58. The first-order valence-electron chi connectivity index (χ1n) is 37.2. The van der Waals surface area contributed by atoms with Gasteiger partial charge in [-0.1, -0.05) is 316 Å². The maximum Gasteiger partial charge on any atom is 0.265 e. The van der Waals surface area contributed by atoms with Gasteiger partial charge in [-0.05, 0) is 155 Å². The lowest BCUT2D eigenvalue weighted by Crippen LogP contribution is -2.28. The third-order valence-electron chi connectivity index (χ3n) is 21.0. The van der Waals surface area contributed by atoms with Gasteiger partial charge < -0.3 is 0 Å². The van der Waals surface area contributed by atoms with Crippen molar-refractivity contribution in [1.82, 2.24) is 9.80 Å². The molecule has 1 aliphatic carbocycles. The standard InChI is InChI=1S/C83H114Br2N2O2/c1-5-9-13-17-21-25-29-33-37-41-45-63-57-67(84)47-49-69(63)71-58-65-51-55-86-79(72(65)59-64(71)46-42-38-34-30-26-22-18-14-10-6-2)77-78(82(86)89)80-73-62-76-74(60-66(73)52-56-87(80)81(77)88)70-50-48-68(85)61-75(70)83(76,53-43-39-35-31-27-23-19-15-11-7-3)54-44-40-36-32-28-24-20-16-12-8-4/h47-52,55-62H,5-46,53-54H2,1-4H3. The highest BCUT2D eigenvalue weighted by Gasteiger charge is 2.51. The summed E-state index contributed by atoms with van der Waals surface area (Å²) in [4.78, 5) is 34.6. The van der Waals surface area contributed by atoms with Gasteiger partial charge in [-0.25, -0.2) is 0 Å². The first-order valence-corrected chi connectivity index (χ1v) is 38.8. The Labute approximate surface area is 558 Å². The summed E-state index contributed by atoms with van der Waals surface area (Å²) in [6.07, 6.45) is 65.1. The van der Waals surface area contributed by atoms with E-state index < -0.39 is 0 Å². The molecule has 4 aliphatic heterocycles. The molecule has 4 aromatic rings. The third-order valence-corrected chi connectivity index (χ3v) is 22.0. The van der Waals surface area contributed by atoms with E-state index in [0.29, 0.717) is 11.1 Å². The quantitative estimate of drug-likeness (QED) is 0.0414. The highest BCUT2D eigenvalue weighted by molar-refractivity contribution is 9.10. The van der Waals surface area contributed by atoms with E-state index >= 15 is 9.59 Å². The Morgan fingerprint density at radius 3 is 1.09 bits per heavy atom. The summed E-state index contributed by atoms with van der Waals surface area (Å²) >= 11 is 7.87. The molecule has 9 rings (SSSR count). The maximum absolute atomic E-state index is 15.5. The Morgan fingerprint density at radius 1 is 0.326 bits per heavy atom. The van der Waals surface area contributed by atoms with Gasteiger partial charge in [0, 0.05) is 37.9 Å². The minimum Gasteiger partial charge on any atom is -0.282 e. The van der Waals surface area contributed by atoms with E-state index in [-0.39, 0.29) is 17.2 Å². The summed E-state index contributed by atoms with van der Waals surface area (Å²) in [7, 11) is 0. The van der Waals surface area contributed by atoms with Crippen molar-refractivity contribution in [2.24, 2.45) is 0 Å². The van der Waals surface area contributed by atoms with Crippen LogP contribution in [0.2, 0.25) is 0 Å². The number of unbranched alkanes of at least 4 members (excludes halogenated alkanes) is 36. The third kappa shape index (κ3) is 17.7. The van der Waals surface area contributed by atoms with Crippen LogP contribution in [0.1, 0.15) is 342 Å². The van der Waals surface area contributed by atoms with Crippen LogP contribution in [0.5, 0.6) is 0 Å². The van der Waals surface area contributed by atoms with Crippen molar-refractivity contribution in [2.45, 2.75) is 316 Å². The van der Waals surface area contributed by atoms with Gasteiger partial charge in [0.2, 0.25) is 0 Å². The molecule has 6 heteroatoms. The number of halogens is 2. The molecule has 0 atom stereocenters. The van der Waals surface area contributed by atoms with Crippen LogP contribution in [-0.4, -0.2) is 21.6 Å². The predicted octanol–water partition coefficient (Wildman–Crippen LogP) is 26.5. The number of nitrogens with zero attached hydrogens (tertiary/aromatic N) is 2. The number of benzene rings is 4. The van der Waals surface area contributed by atoms with Crippen molar-refractivity contribution in [3.05, 3.63) is 138 Å². The number of rotatable bonds is 45. The summed E-state index contributed by atoms with van der Waals surface area (Å²) in [6.45, 7) is 9.22. The van der Waals surface area contributed by atoms with Crippen molar-refractivity contribution in [2.75, 3.05) is 0 Å². The Morgan fingerprint density at radius 2 is 0.663 bits per heavy atom. The molecule has 0 fully saturated rings. The van der Waals surface area contributed by atoms with Gasteiger partial charge >= 0.3 is 0 Å². The molecule has 4 heterocycles. The van der Waals surface area contributed by atoms with Crippen molar-refractivity contribution in [1.29, 1.82) is 0 Å². The van der Waals surface area contributed by atoms with Gasteiger partial charge in [0.15, 0.2) is 0 Å². The van der Waals surface area contributed by atoms with E-state index in [1.807, 2.05) is 22.2 Å². The molecule has 2 amide bonds. The second kappa shape index (κ2) is 36.3. The number of fused-ring (bicyclic) bond motifs is 10. The van der Waals surface area contributed by atoms with E-state index in [0.717, 1.165) is 74.7 Å². The van der Waals surface area contributed by atoms with Crippen molar-refractivity contribution in [3.8, 4) is 22.3 Å². The van der Waals surface area contributed by atoms with E-state index in [2.05, 4.69) is 132 Å². The summed E-state index contributed by atoms with van der Waals surface area (Å²) in [5.74, 6) is -0.184. The summed E-state index contributed by atoms with van der Waals surface area (Å²) in [6, 6.07) is 23.7. The van der Waals surface area contributed by atoms with Crippen LogP contribution in [0.4, 0.5) is 0 Å². The van der Waals surface area contributed by atoms with Gasteiger partial charge in [0.25, 0.3) is 11.8 Å². The molecule has 0 radical (unpaired) electrons. The molecule has 0 spiro atoms. The molecule has 89 heavy (non-hydrogen) atoms. The lowest BCUT2D eigenvalue weighted by Gasteiger charge is -2.34. The number of carbonyl (C=O) groups is 2. The lowest BCUT2D eigenvalue weighted by atomic mass is 9.70. The van der Waals surface area contributed by atoms with E-state index in [1.165, 1.54) is 295 Å². The number of aryl methyl sites for hydroxylation is 2. The van der Waals surface area contributed by atoms with Crippen LogP contribution >= 0.6 is 31.9 Å². The molecular weight excluding hydrogens is 1220 g/mol. The number of carbonyl (C=O) groups excluding carboxylic acids is 2. The normalized spacial score (nSPS) is 14.9. The van der Waals surface area contributed by atoms with Crippen LogP contribution < -0.4 is 0 Å². The first kappa shape index (κ1) is 69.1. The largest absolute Gasteiger partial charge is 0.282 e. The van der Waals surface area contributed by atoms with Crippen LogP contribution in [0.15, 0.2) is 93.2 Å². The average Bonchev–Trinajstić information content (AvgIpc) is 1.56. The summed E-state index contributed by atoms with van der Waals surface area (Å²) in [5.41, 5.74) is 17.6. The summed E-state index contributed by atoms with van der Waals surface area (Å²) in [5, 5.41) is 0. The van der Waals surface area contributed by atoms with E-state index in [9.17, 15) is 0 Å². The molecule has 0 aromatic heterocycles. The maximum atomic E-state index is 15.5. The molecule has 0 unspecified atom stereocenters. The molecule has 4 aromatic carbocycles. The Kier molecular flexibility index (Phi) is 28.1. The van der Waals surface area contributed by atoms with Gasteiger partial charge in [0.05, 0.1) is 22.5 Å². The molecule has 0 saturated carbocycles. The fourth-order valence-corrected chi connectivity index (χ4v) is 16.7. The van der Waals surface area contributed by atoms with E-state index in [1.54, 1.807) is 0 Å². The van der Waals surface area contributed by atoms with Gasteiger partial charge in [0.1, 0.15) is 0 Å². The average molecular weight is 1330 g/mol. The molecule has 4 nitrogen and oxygen atoms in total. The Bertz CT molecular complexity index is 3060. The molecule has 0 N–H and O–H groups in total. The second-order valence-corrected chi connectivity index (χ2v) is 29.6. The summed E-state index contributed by atoms with van der Waals surface area (Å²) < 4.78 is 2.27. The Balaban J connectivity index is 1.03. The van der Waals surface area contributed by atoms with Gasteiger partial charge in [-0.2, -0.15) is 0 Å². The molecular formula is C83H114Br2N2O2. The molecule has 0 bridgehead atoms. The first-order chi connectivity index (χ1) is 43.7. The van der Waals surface area contributed by atoms with Gasteiger partial charge in [-0.3, -0.25) is 19.4 Å².